The summed E-state index contributed by atoms with van der Waals surface area (Å²) >= 11 is 0. The van der Waals surface area contributed by atoms with Crippen molar-refractivity contribution < 1.29 is 9.21 Å². The Labute approximate surface area is 168 Å². The predicted octanol–water partition coefficient (Wildman–Crippen LogP) is 1.75. The van der Waals surface area contributed by atoms with Crippen LogP contribution in [0.25, 0.3) is 22.0 Å². The van der Waals surface area contributed by atoms with E-state index >= 15 is 0 Å². The highest BCUT2D eigenvalue weighted by atomic mass is 16.3. The van der Waals surface area contributed by atoms with Crippen molar-refractivity contribution in [3.63, 3.8) is 0 Å². The third kappa shape index (κ3) is 2.90. The molecule has 0 aromatic carbocycles. The molecule has 2 aliphatic rings. The monoisotopic (exact) mass is 395 g/mol. The van der Waals surface area contributed by atoms with Gasteiger partial charge in [0, 0.05) is 38.3 Å². The van der Waals surface area contributed by atoms with Gasteiger partial charge in [0.15, 0.2) is 5.58 Å². The van der Waals surface area contributed by atoms with Crippen LogP contribution in [0.5, 0.6) is 0 Å². The smallest absolute Gasteiger partial charge is 0.291 e. The van der Waals surface area contributed by atoms with E-state index in [-0.39, 0.29) is 18.0 Å². The fourth-order valence-electron chi connectivity index (χ4n) is 4.80. The molecule has 5 rings (SSSR count). The molecule has 0 radical (unpaired) electrons. The molecule has 152 valence electrons. The Morgan fingerprint density at radius 1 is 1.38 bits per heavy atom. The molecular weight excluding hydrogens is 370 g/mol. The Balaban J connectivity index is 1.48. The molecule has 1 unspecified atom stereocenters. The second-order valence-electron chi connectivity index (χ2n) is 8.01. The molecule has 8 heteroatoms. The van der Waals surface area contributed by atoms with Gasteiger partial charge >= 0.3 is 0 Å². The lowest BCUT2D eigenvalue weighted by molar-refractivity contribution is -0.134. The first-order valence-electron chi connectivity index (χ1n) is 10.2. The summed E-state index contributed by atoms with van der Waals surface area (Å²) in [6, 6.07) is 2.37. The van der Waals surface area contributed by atoms with Crippen LogP contribution < -0.4 is 5.56 Å². The first-order valence-corrected chi connectivity index (χ1v) is 10.2. The van der Waals surface area contributed by atoms with Crippen molar-refractivity contribution in [3.8, 4) is 0 Å². The van der Waals surface area contributed by atoms with Gasteiger partial charge in [0.25, 0.3) is 5.56 Å². The standard InChI is InChI=1S/C21H25N5O3/c1-3-6-25-17-10-14(2)29-20(17)16-11-22-26(21(28)19(16)25)13-18(27)24-9-8-23-7-4-5-15(23)12-24/h3,10-11,15H,1,4-9,12-13H2,2H3. The third-order valence-corrected chi connectivity index (χ3v) is 6.20. The lowest BCUT2D eigenvalue weighted by atomic mass is 10.1. The first kappa shape index (κ1) is 18.2. The molecule has 5 heterocycles. The molecule has 0 saturated carbocycles. The number of aromatic nitrogens is 3. The molecule has 0 aliphatic carbocycles. The van der Waals surface area contributed by atoms with Crippen molar-refractivity contribution in [3.05, 3.63) is 41.0 Å². The summed E-state index contributed by atoms with van der Waals surface area (Å²) in [6.45, 7) is 9.62. The quantitative estimate of drug-likeness (QED) is 0.629. The average molecular weight is 395 g/mol. The Morgan fingerprint density at radius 2 is 2.24 bits per heavy atom. The molecule has 1 atom stereocenters. The Bertz CT molecular complexity index is 1170. The van der Waals surface area contributed by atoms with Gasteiger partial charge in [-0.1, -0.05) is 6.08 Å². The second-order valence-corrected chi connectivity index (χ2v) is 8.01. The van der Waals surface area contributed by atoms with Crippen LogP contribution in [-0.2, 0) is 17.9 Å². The van der Waals surface area contributed by atoms with Crippen LogP contribution >= 0.6 is 0 Å². The van der Waals surface area contributed by atoms with E-state index in [1.165, 1.54) is 11.1 Å². The van der Waals surface area contributed by atoms with Gasteiger partial charge < -0.3 is 13.9 Å². The molecule has 1 amide bonds. The number of carbonyl (C=O) groups is 1. The fourth-order valence-corrected chi connectivity index (χ4v) is 4.80. The molecule has 8 nitrogen and oxygen atoms in total. The van der Waals surface area contributed by atoms with Gasteiger partial charge in [0.2, 0.25) is 5.91 Å². The number of allylic oxidation sites excluding steroid dienone is 1. The number of amides is 1. The van der Waals surface area contributed by atoms with E-state index in [1.54, 1.807) is 12.3 Å². The molecule has 0 spiro atoms. The van der Waals surface area contributed by atoms with Crippen molar-refractivity contribution >= 4 is 27.9 Å². The topological polar surface area (TPSA) is 76.5 Å². The van der Waals surface area contributed by atoms with E-state index < -0.39 is 0 Å². The van der Waals surface area contributed by atoms with E-state index in [9.17, 15) is 9.59 Å². The maximum atomic E-state index is 13.2. The zero-order valence-electron chi connectivity index (χ0n) is 16.6. The summed E-state index contributed by atoms with van der Waals surface area (Å²) in [6.07, 6.45) is 5.72. The fraction of sp³-hybridized carbons (Fsp3) is 0.476. The van der Waals surface area contributed by atoms with Gasteiger partial charge in [-0.3, -0.25) is 14.5 Å². The summed E-state index contributed by atoms with van der Waals surface area (Å²) in [5.41, 5.74) is 1.72. The molecule has 29 heavy (non-hydrogen) atoms. The number of carbonyl (C=O) groups excluding carboxylic acids is 1. The highest BCUT2D eigenvalue weighted by Crippen LogP contribution is 2.29. The average Bonchev–Trinajstić information content (AvgIpc) is 3.39. The Morgan fingerprint density at radius 3 is 3.07 bits per heavy atom. The normalized spacial score (nSPS) is 19.9. The van der Waals surface area contributed by atoms with E-state index in [2.05, 4.69) is 16.6 Å². The van der Waals surface area contributed by atoms with Crippen LogP contribution in [-0.4, -0.2) is 62.3 Å². The van der Waals surface area contributed by atoms with Crippen LogP contribution in [0.1, 0.15) is 18.6 Å². The predicted molar refractivity (Wildman–Crippen MR) is 110 cm³/mol. The molecule has 2 saturated heterocycles. The summed E-state index contributed by atoms with van der Waals surface area (Å²) in [5, 5.41) is 4.96. The molecule has 2 aliphatic heterocycles. The largest absolute Gasteiger partial charge is 0.459 e. The zero-order valence-corrected chi connectivity index (χ0v) is 16.6. The van der Waals surface area contributed by atoms with Crippen LogP contribution in [0.15, 0.2) is 34.1 Å². The summed E-state index contributed by atoms with van der Waals surface area (Å²) in [7, 11) is 0. The lowest BCUT2D eigenvalue weighted by Gasteiger charge is -2.37. The summed E-state index contributed by atoms with van der Waals surface area (Å²) in [5.74, 6) is 0.729. The van der Waals surface area contributed by atoms with Crippen molar-refractivity contribution in [1.82, 2.24) is 24.1 Å². The minimum absolute atomic E-state index is 0.0405. The van der Waals surface area contributed by atoms with Crippen LogP contribution in [0.4, 0.5) is 0 Å². The van der Waals surface area contributed by atoms with Crippen molar-refractivity contribution in [2.45, 2.75) is 38.9 Å². The van der Waals surface area contributed by atoms with Gasteiger partial charge in [0.05, 0.1) is 17.1 Å². The second kappa shape index (κ2) is 6.88. The van der Waals surface area contributed by atoms with E-state index in [1.807, 2.05) is 22.5 Å². The van der Waals surface area contributed by atoms with Gasteiger partial charge in [-0.05, 0) is 26.3 Å². The number of aryl methyl sites for hydroxylation is 1. The van der Waals surface area contributed by atoms with Crippen LogP contribution in [0, 0.1) is 6.92 Å². The Kier molecular flexibility index (Phi) is 4.31. The number of furan rings is 1. The number of rotatable bonds is 4. The van der Waals surface area contributed by atoms with E-state index in [0.29, 0.717) is 35.6 Å². The van der Waals surface area contributed by atoms with Gasteiger partial charge in [-0.25, -0.2) is 4.68 Å². The molecule has 0 N–H and O–H groups in total. The van der Waals surface area contributed by atoms with Gasteiger partial charge in [0.1, 0.15) is 17.8 Å². The zero-order chi connectivity index (χ0) is 20.1. The van der Waals surface area contributed by atoms with E-state index in [0.717, 1.165) is 37.3 Å². The number of fused-ring (bicyclic) bond motifs is 4. The molecule has 3 aromatic heterocycles. The first-order chi connectivity index (χ1) is 14.1. The van der Waals surface area contributed by atoms with Gasteiger partial charge in [-0.15, -0.1) is 6.58 Å². The molecule has 3 aromatic rings. The SMILES string of the molecule is C=CCn1c2cc(C)oc2c2cnn(CC(=O)N3CCN4CCCC4C3)c(=O)c21. The maximum Gasteiger partial charge on any atom is 0.291 e. The van der Waals surface area contributed by atoms with Crippen molar-refractivity contribution in [2.24, 2.45) is 0 Å². The number of nitrogens with zero attached hydrogens (tertiary/aromatic N) is 5. The molecule has 2 fully saturated rings. The minimum atomic E-state index is -0.277. The van der Waals surface area contributed by atoms with E-state index in [4.69, 9.17) is 4.42 Å². The van der Waals surface area contributed by atoms with Crippen molar-refractivity contribution in [1.29, 1.82) is 0 Å². The molecular formula is C21H25N5O3. The van der Waals surface area contributed by atoms with Crippen LogP contribution in [0.2, 0.25) is 0 Å². The molecule has 0 bridgehead atoms. The Hall–Kier alpha value is -2.87. The van der Waals surface area contributed by atoms with Crippen LogP contribution in [0.3, 0.4) is 0 Å². The highest BCUT2D eigenvalue weighted by Gasteiger charge is 2.32. The third-order valence-electron chi connectivity index (χ3n) is 6.20. The number of hydrogen-bond acceptors (Lipinski definition) is 5. The van der Waals surface area contributed by atoms with Gasteiger partial charge in [-0.2, -0.15) is 5.10 Å². The highest BCUT2D eigenvalue weighted by molar-refractivity contribution is 6.04. The minimum Gasteiger partial charge on any atom is -0.459 e. The summed E-state index contributed by atoms with van der Waals surface area (Å²) < 4.78 is 8.96. The maximum absolute atomic E-state index is 13.2. The number of hydrogen-bond donors (Lipinski definition) is 0. The number of piperazine rings is 1. The summed E-state index contributed by atoms with van der Waals surface area (Å²) in [4.78, 5) is 30.4. The lowest BCUT2D eigenvalue weighted by Crippen LogP contribution is -2.53. The van der Waals surface area contributed by atoms with Crippen molar-refractivity contribution in [2.75, 3.05) is 26.2 Å².